The van der Waals surface area contributed by atoms with Gasteiger partial charge in [-0.25, -0.2) is 0 Å². The van der Waals surface area contributed by atoms with E-state index in [2.05, 4.69) is 5.32 Å². The fourth-order valence-electron chi connectivity index (χ4n) is 2.27. The smallest absolute Gasteiger partial charge is 0.310 e. The fourth-order valence-corrected chi connectivity index (χ4v) is 2.38. The van der Waals surface area contributed by atoms with Gasteiger partial charge in [0, 0.05) is 19.4 Å². The maximum Gasteiger partial charge on any atom is 0.310 e. The number of hydrogen-bond acceptors (Lipinski definition) is 5. The lowest BCUT2D eigenvalue weighted by Gasteiger charge is -2.29. The zero-order valence-corrected chi connectivity index (χ0v) is 14.0. The average molecular weight is 358 g/mol. The van der Waals surface area contributed by atoms with Gasteiger partial charge in [-0.05, 0) is 12.8 Å². The molecule has 1 rings (SSSR count). The first kappa shape index (κ1) is 21.4. The molecule has 7 nitrogen and oxygen atoms in total. The quantitative estimate of drug-likeness (QED) is 0.281. The van der Waals surface area contributed by atoms with Gasteiger partial charge >= 0.3 is 5.97 Å². The Labute approximate surface area is 141 Å². The van der Waals surface area contributed by atoms with Crippen LogP contribution in [0.5, 0.6) is 0 Å². The van der Waals surface area contributed by atoms with Crippen LogP contribution in [0.25, 0.3) is 0 Å². The van der Waals surface area contributed by atoms with Crippen molar-refractivity contribution < 1.29 is 36.7 Å². The molecule has 3 atom stereocenters. The number of hydrogen-bond donors (Lipinski definition) is 4. The molecule has 0 aromatic heterocycles. The minimum absolute atomic E-state index is 0. The number of nitrogens with one attached hydrogen (secondary N) is 2. The standard InChI is InChI=1S/C13H24ClN3O4.ClH/c14-7-10(18)9-17(6-5-15)12-8-16-11(19)3-1-2-4-13(20)21-12;/h10,12,18H,1-9,15H2,(H,16,19);1H. The van der Waals surface area contributed by atoms with Crippen molar-refractivity contribution in [2.75, 3.05) is 32.1 Å². The summed E-state index contributed by atoms with van der Waals surface area (Å²) in [6, 6.07) is 0. The summed E-state index contributed by atoms with van der Waals surface area (Å²) in [5.74, 6) is -0.241. The number of ether oxygens (including phenoxy) is 1. The van der Waals surface area contributed by atoms with Crippen LogP contribution in [0.4, 0.5) is 0 Å². The topological polar surface area (TPSA) is 106 Å². The molecule has 1 saturated heterocycles. The number of quaternary nitrogens is 1. The summed E-state index contributed by atoms with van der Waals surface area (Å²) in [4.78, 5) is 24.2. The molecule has 0 radical (unpaired) electrons. The molecule has 5 N–H and O–H groups in total. The molecular weight excluding hydrogens is 333 g/mol. The Morgan fingerprint density at radius 3 is 2.73 bits per heavy atom. The van der Waals surface area contributed by atoms with E-state index in [9.17, 15) is 14.7 Å². The van der Waals surface area contributed by atoms with E-state index in [1.54, 1.807) is 0 Å². The highest BCUT2D eigenvalue weighted by Crippen LogP contribution is 2.04. The highest BCUT2D eigenvalue weighted by Gasteiger charge is 2.28. The zero-order chi connectivity index (χ0) is 15.7. The number of aliphatic hydroxyl groups excluding tert-OH is 1. The van der Waals surface area contributed by atoms with Crippen LogP contribution in [-0.4, -0.2) is 61.4 Å². The monoisotopic (exact) mass is 357 g/mol. The maximum atomic E-state index is 11.8. The minimum atomic E-state index is -0.710. The Morgan fingerprint density at radius 2 is 2.09 bits per heavy atom. The Morgan fingerprint density at radius 1 is 1.41 bits per heavy atom. The average Bonchev–Trinajstić information content (AvgIpc) is 2.47. The van der Waals surface area contributed by atoms with Crippen LogP contribution in [-0.2, 0) is 14.3 Å². The molecule has 0 bridgehead atoms. The van der Waals surface area contributed by atoms with Gasteiger partial charge in [-0.1, -0.05) is 0 Å². The Bertz CT molecular complexity index is 347. The maximum absolute atomic E-state index is 11.8. The summed E-state index contributed by atoms with van der Waals surface area (Å²) < 4.78 is 5.43. The fraction of sp³-hybridized carbons (Fsp3) is 0.846. The first-order valence-electron chi connectivity index (χ1n) is 7.31. The van der Waals surface area contributed by atoms with Crippen LogP contribution in [0.2, 0.25) is 0 Å². The van der Waals surface area contributed by atoms with Crippen molar-refractivity contribution in [1.82, 2.24) is 5.32 Å². The lowest BCUT2D eigenvalue weighted by molar-refractivity contribution is -0.945. The van der Waals surface area contributed by atoms with E-state index >= 15 is 0 Å². The van der Waals surface area contributed by atoms with E-state index < -0.39 is 12.3 Å². The van der Waals surface area contributed by atoms with Crippen molar-refractivity contribution in [2.45, 2.75) is 38.0 Å². The first-order chi connectivity index (χ1) is 10.1. The number of esters is 1. The number of alkyl halides is 1. The van der Waals surface area contributed by atoms with Crippen molar-refractivity contribution in [3.05, 3.63) is 0 Å². The molecule has 1 aliphatic rings. The number of nitrogens with two attached hydrogens (primary N) is 1. The molecule has 0 aromatic rings. The van der Waals surface area contributed by atoms with Crippen LogP contribution in [0.15, 0.2) is 0 Å². The number of halogens is 2. The van der Waals surface area contributed by atoms with Crippen molar-refractivity contribution in [3.63, 3.8) is 0 Å². The van der Waals surface area contributed by atoms with Crippen LogP contribution < -0.4 is 28.4 Å². The van der Waals surface area contributed by atoms with Crippen molar-refractivity contribution in [2.24, 2.45) is 5.73 Å². The SMILES string of the molecule is NCC[NH+](CC(O)CCl)C1CNC(=O)CCCCC(=O)O1.[Cl-]. The third kappa shape index (κ3) is 8.14. The van der Waals surface area contributed by atoms with Gasteiger partial charge in [-0.2, -0.15) is 0 Å². The number of aliphatic hydroxyl groups is 1. The van der Waals surface area contributed by atoms with Gasteiger partial charge in [0.1, 0.15) is 19.2 Å². The Kier molecular flexibility index (Phi) is 11.6. The van der Waals surface area contributed by atoms with Crippen molar-refractivity contribution in [3.8, 4) is 0 Å². The predicted octanol–water partition coefficient (Wildman–Crippen LogP) is -5.01. The van der Waals surface area contributed by atoms with E-state index in [1.807, 2.05) is 0 Å². The third-order valence-corrected chi connectivity index (χ3v) is 3.75. The predicted molar refractivity (Wildman–Crippen MR) is 77.8 cm³/mol. The molecule has 9 heteroatoms. The largest absolute Gasteiger partial charge is 1.00 e. The molecular formula is C13H25Cl2N3O4. The summed E-state index contributed by atoms with van der Waals surface area (Å²) in [7, 11) is 0. The van der Waals surface area contributed by atoms with Crippen LogP contribution in [0, 0.1) is 0 Å². The molecule has 0 saturated carbocycles. The summed E-state index contributed by atoms with van der Waals surface area (Å²) in [6.45, 7) is 1.43. The highest BCUT2D eigenvalue weighted by atomic mass is 35.5. The molecule has 0 aromatic carbocycles. The first-order valence-corrected chi connectivity index (χ1v) is 7.85. The van der Waals surface area contributed by atoms with Crippen LogP contribution in [0.3, 0.4) is 0 Å². The zero-order valence-electron chi connectivity index (χ0n) is 12.5. The van der Waals surface area contributed by atoms with Crippen molar-refractivity contribution >= 4 is 23.5 Å². The Balaban J connectivity index is 0.00000441. The van der Waals surface area contributed by atoms with Gasteiger partial charge in [0.05, 0.1) is 12.4 Å². The van der Waals surface area contributed by atoms with E-state index in [1.165, 1.54) is 0 Å². The molecule has 1 heterocycles. The summed E-state index contributed by atoms with van der Waals surface area (Å²) in [5, 5.41) is 12.5. The van der Waals surface area contributed by atoms with E-state index in [0.29, 0.717) is 45.3 Å². The normalized spacial score (nSPS) is 22.8. The lowest BCUT2D eigenvalue weighted by Crippen LogP contribution is -3.18. The number of cyclic esters (lactones) is 1. The van der Waals surface area contributed by atoms with Gasteiger partial charge in [0.2, 0.25) is 5.91 Å². The Hall–Kier alpha value is -0.600. The second-order valence-electron chi connectivity index (χ2n) is 5.20. The molecule has 1 aliphatic heterocycles. The number of carbonyl (C=O) groups is 2. The van der Waals surface area contributed by atoms with Gasteiger partial charge in [-0.15, -0.1) is 11.6 Å². The summed E-state index contributed by atoms with van der Waals surface area (Å²) in [5.41, 5.74) is 5.58. The van der Waals surface area contributed by atoms with E-state index in [0.717, 1.165) is 4.90 Å². The van der Waals surface area contributed by atoms with E-state index in [-0.39, 0.29) is 36.7 Å². The summed E-state index contributed by atoms with van der Waals surface area (Å²) in [6.07, 6.45) is 0.763. The summed E-state index contributed by atoms with van der Waals surface area (Å²) >= 11 is 5.62. The molecule has 0 aliphatic carbocycles. The number of amides is 1. The van der Waals surface area contributed by atoms with Gasteiger partial charge in [0.25, 0.3) is 6.23 Å². The van der Waals surface area contributed by atoms with Crippen LogP contribution in [0.1, 0.15) is 25.7 Å². The molecule has 3 unspecified atom stereocenters. The van der Waals surface area contributed by atoms with Gasteiger partial charge < -0.3 is 33.3 Å². The lowest BCUT2D eigenvalue weighted by atomic mass is 10.2. The van der Waals surface area contributed by atoms with Gasteiger partial charge in [0.15, 0.2) is 0 Å². The molecule has 1 amide bonds. The third-order valence-electron chi connectivity index (χ3n) is 3.39. The molecule has 130 valence electrons. The second-order valence-corrected chi connectivity index (χ2v) is 5.51. The van der Waals surface area contributed by atoms with E-state index in [4.69, 9.17) is 22.1 Å². The molecule has 22 heavy (non-hydrogen) atoms. The molecule has 1 fully saturated rings. The molecule has 0 spiro atoms. The van der Waals surface area contributed by atoms with Crippen LogP contribution >= 0.6 is 11.6 Å². The van der Waals surface area contributed by atoms with Crippen molar-refractivity contribution in [1.29, 1.82) is 0 Å². The second kappa shape index (κ2) is 11.9. The number of rotatable bonds is 6. The highest BCUT2D eigenvalue weighted by molar-refractivity contribution is 6.18. The number of carbonyl (C=O) groups excluding carboxylic acids is 2. The van der Waals surface area contributed by atoms with Gasteiger partial charge in [-0.3, -0.25) is 14.5 Å². The minimum Gasteiger partial charge on any atom is -1.00 e.